The average Bonchev–Trinajstić information content (AvgIpc) is 3.03. The number of thioether (sulfide) groups is 1. The van der Waals surface area contributed by atoms with E-state index in [9.17, 15) is 4.79 Å². The Morgan fingerprint density at radius 1 is 1.32 bits per heavy atom. The summed E-state index contributed by atoms with van der Waals surface area (Å²) in [5.41, 5.74) is 0.517. The lowest BCUT2D eigenvalue weighted by Gasteiger charge is -2.23. The third-order valence-electron chi connectivity index (χ3n) is 4.38. The summed E-state index contributed by atoms with van der Waals surface area (Å²) in [7, 11) is 0. The number of para-hydroxylation sites is 1. The summed E-state index contributed by atoms with van der Waals surface area (Å²) in [5.74, 6) is 1.06. The molecule has 5 heteroatoms. The molecule has 0 N–H and O–H groups in total. The van der Waals surface area contributed by atoms with E-state index in [1.54, 1.807) is 23.1 Å². The molecule has 2 aromatic rings. The highest BCUT2D eigenvalue weighted by Gasteiger charge is 2.30. The number of thiazole rings is 1. The summed E-state index contributed by atoms with van der Waals surface area (Å²) in [5, 5.41) is 0. The van der Waals surface area contributed by atoms with Gasteiger partial charge in [0, 0.05) is 5.75 Å². The first-order chi connectivity index (χ1) is 12.0. The normalized spacial score (nSPS) is 13.1. The number of carbonyl (C=O) groups is 1. The van der Waals surface area contributed by atoms with Gasteiger partial charge in [0.15, 0.2) is 4.34 Å². The van der Waals surface area contributed by atoms with Crippen molar-refractivity contribution in [3.63, 3.8) is 0 Å². The lowest BCUT2D eigenvalue weighted by molar-refractivity contribution is -0.154. The number of nitrogens with zero attached hydrogens (tertiary/aromatic N) is 1. The van der Waals surface area contributed by atoms with Gasteiger partial charge < -0.3 is 4.74 Å². The summed E-state index contributed by atoms with van der Waals surface area (Å²) in [4.78, 5) is 17.1. The number of fused-ring (bicyclic) bond motifs is 1. The van der Waals surface area contributed by atoms with Crippen LogP contribution in [0.2, 0.25) is 0 Å². The molecule has 0 aliphatic heterocycles. The van der Waals surface area contributed by atoms with Crippen LogP contribution in [0.5, 0.6) is 0 Å². The third kappa shape index (κ3) is 6.00. The highest BCUT2D eigenvalue weighted by molar-refractivity contribution is 8.01. The predicted molar refractivity (Wildman–Crippen MR) is 108 cm³/mol. The van der Waals surface area contributed by atoms with Crippen molar-refractivity contribution in [1.29, 1.82) is 0 Å². The van der Waals surface area contributed by atoms with E-state index in [2.05, 4.69) is 24.9 Å². The first kappa shape index (κ1) is 20.2. The summed E-state index contributed by atoms with van der Waals surface area (Å²) < 4.78 is 7.83. The van der Waals surface area contributed by atoms with Gasteiger partial charge in [0.1, 0.15) is 0 Å². The lowest BCUT2D eigenvalue weighted by Crippen LogP contribution is -2.30. The Morgan fingerprint density at radius 2 is 2.08 bits per heavy atom. The average molecular weight is 380 g/mol. The van der Waals surface area contributed by atoms with Crippen molar-refractivity contribution in [3.05, 3.63) is 24.3 Å². The molecule has 0 fully saturated rings. The second kappa shape index (κ2) is 9.58. The topological polar surface area (TPSA) is 39.2 Å². The fraction of sp³-hybridized carbons (Fsp3) is 0.600. The van der Waals surface area contributed by atoms with Crippen LogP contribution in [0.15, 0.2) is 28.6 Å². The maximum atomic E-state index is 12.5. The van der Waals surface area contributed by atoms with Gasteiger partial charge in [-0.1, -0.05) is 57.0 Å². The van der Waals surface area contributed by atoms with Gasteiger partial charge in [-0.15, -0.1) is 11.3 Å². The molecule has 0 saturated carbocycles. The van der Waals surface area contributed by atoms with Gasteiger partial charge in [0.25, 0.3) is 0 Å². The number of unbranched alkanes of at least 4 members (excludes halogenated alkanes) is 1. The van der Waals surface area contributed by atoms with Crippen LogP contribution in [0, 0.1) is 11.3 Å². The van der Waals surface area contributed by atoms with E-state index in [-0.39, 0.29) is 5.97 Å². The Morgan fingerprint density at radius 3 is 2.76 bits per heavy atom. The minimum atomic E-state index is -0.508. The quantitative estimate of drug-likeness (QED) is 0.365. The van der Waals surface area contributed by atoms with Crippen molar-refractivity contribution in [2.75, 3.05) is 12.4 Å². The van der Waals surface area contributed by atoms with E-state index in [4.69, 9.17) is 4.74 Å². The molecule has 0 aliphatic carbocycles. The number of rotatable bonds is 10. The smallest absolute Gasteiger partial charge is 0.312 e. The molecule has 25 heavy (non-hydrogen) atoms. The van der Waals surface area contributed by atoms with Crippen LogP contribution in [0.4, 0.5) is 0 Å². The number of aromatic nitrogens is 1. The highest BCUT2D eigenvalue weighted by Crippen LogP contribution is 2.34. The summed E-state index contributed by atoms with van der Waals surface area (Å²) in [6.07, 6.45) is 4.59. The van der Waals surface area contributed by atoms with Gasteiger partial charge in [-0.3, -0.25) is 4.79 Å². The molecule has 1 atom stereocenters. The maximum Gasteiger partial charge on any atom is 0.312 e. The van der Waals surface area contributed by atoms with Gasteiger partial charge in [-0.2, -0.15) is 0 Å². The van der Waals surface area contributed by atoms with E-state index in [1.165, 1.54) is 17.5 Å². The Hall–Kier alpha value is -1.07. The maximum absolute atomic E-state index is 12.5. The zero-order valence-corrected chi connectivity index (χ0v) is 17.3. The highest BCUT2D eigenvalue weighted by atomic mass is 32.2. The molecule has 0 amide bonds. The zero-order chi connectivity index (χ0) is 18.3. The number of ether oxygens (including phenoxy) is 1. The fourth-order valence-electron chi connectivity index (χ4n) is 2.50. The molecular formula is C20H29NO2S2. The molecule has 1 aromatic carbocycles. The van der Waals surface area contributed by atoms with Crippen LogP contribution in [0.3, 0.4) is 0 Å². The molecule has 0 saturated heterocycles. The van der Waals surface area contributed by atoms with Crippen molar-refractivity contribution in [2.24, 2.45) is 11.3 Å². The third-order valence-corrected chi connectivity index (χ3v) is 7.02. The lowest BCUT2D eigenvalue weighted by atomic mass is 9.96. The minimum absolute atomic E-state index is 0.101. The number of hydrogen-bond donors (Lipinski definition) is 0. The summed E-state index contributed by atoms with van der Waals surface area (Å²) in [6.45, 7) is 8.83. The molecule has 2 rings (SSSR count). The molecule has 1 unspecified atom stereocenters. The van der Waals surface area contributed by atoms with Crippen molar-refractivity contribution >= 4 is 39.3 Å². The predicted octanol–water partition coefficient (Wildman–Crippen LogP) is 6.17. The minimum Gasteiger partial charge on any atom is -0.465 e. The fourth-order valence-corrected chi connectivity index (χ4v) is 4.64. The number of carbonyl (C=O) groups excluding carboxylic acids is 1. The SMILES string of the molecule is CCCCC(CC)COC(=O)C(C)(C)CSc1nc2ccccc2s1. The van der Waals surface area contributed by atoms with Crippen LogP contribution >= 0.6 is 23.1 Å². The van der Waals surface area contributed by atoms with E-state index in [0.717, 1.165) is 22.7 Å². The van der Waals surface area contributed by atoms with Crippen molar-refractivity contribution in [3.8, 4) is 0 Å². The standard InChI is InChI=1S/C20H29NO2S2/c1-5-7-10-15(6-2)13-23-18(22)20(3,4)14-24-19-21-16-11-8-9-12-17(16)25-19/h8-9,11-12,15H,5-7,10,13-14H2,1-4H3. The summed E-state index contributed by atoms with van der Waals surface area (Å²) in [6, 6.07) is 8.13. The van der Waals surface area contributed by atoms with Gasteiger partial charge in [-0.05, 0) is 38.3 Å². The van der Waals surface area contributed by atoms with Crippen LogP contribution in [-0.4, -0.2) is 23.3 Å². The van der Waals surface area contributed by atoms with E-state index < -0.39 is 5.41 Å². The molecule has 1 heterocycles. The van der Waals surface area contributed by atoms with Gasteiger partial charge in [-0.25, -0.2) is 4.98 Å². The molecule has 0 radical (unpaired) electrons. The summed E-state index contributed by atoms with van der Waals surface area (Å²) >= 11 is 3.32. The molecule has 0 spiro atoms. The second-order valence-electron chi connectivity index (χ2n) is 7.14. The van der Waals surface area contributed by atoms with E-state index in [0.29, 0.717) is 18.3 Å². The number of benzene rings is 1. The van der Waals surface area contributed by atoms with Crippen LogP contribution in [0.25, 0.3) is 10.2 Å². The monoisotopic (exact) mass is 379 g/mol. The van der Waals surface area contributed by atoms with Gasteiger partial charge in [0.2, 0.25) is 0 Å². The first-order valence-corrected chi connectivity index (χ1v) is 10.9. The number of esters is 1. The Labute approximate surface area is 159 Å². The van der Waals surface area contributed by atoms with Gasteiger partial charge >= 0.3 is 5.97 Å². The number of hydrogen-bond acceptors (Lipinski definition) is 5. The van der Waals surface area contributed by atoms with E-state index >= 15 is 0 Å². The van der Waals surface area contributed by atoms with Crippen molar-refractivity contribution < 1.29 is 9.53 Å². The van der Waals surface area contributed by atoms with Crippen LogP contribution in [0.1, 0.15) is 53.4 Å². The molecule has 0 bridgehead atoms. The molecule has 3 nitrogen and oxygen atoms in total. The first-order valence-electron chi connectivity index (χ1n) is 9.12. The molecule has 0 aliphatic rings. The van der Waals surface area contributed by atoms with Crippen molar-refractivity contribution in [1.82, 2.24) is 4.98 Å². The molecule has 1 aromatic heterocycles. The molecule has 138 valence electrons. The zero-order valence-electron chi connectivity index (χ0n) is 15.7. The van der Waals surface area contributed by atoms with Gasteiger partial charge in [0.05, 0.1) is 22.2 Å². The molecular weight excluding hydrogens is 350 g/mol. The Kier molecular flexibility index (Phi) is 7.76. The second-order valence-corrected chi connectivity index (χ2v) is 9.39. The van der Waals surface area contributed by atoms with Crippen LogP contribution < -0.4 is 0 Å². The van der Waals surface area contributed by atoms with Crippen LogP contribution in [-0.2, 0) is 9.53 Å². The Bertz CT molecular complexity index is 648. The largest absolute Gasteiger partial charge is 0.465 e. The van der Waals surface area contributed by atoms with Crippen molar-refractivity contribution in [2.45, 2.75) is 57.7 Å². The van der Waals surface area contributed by atoms with E-state index in [1.807, 2.05) is 32.0 Å². The Balaban J connectivity index is 1.85.